The van der Waals surface area contributed by atoms with Crippen molar-refractivity contribution >= 4 is 17.4 Å². The van der Waals surface area contributed by atoms with Crippen LogP contribution in [0.2, 0.25) is 0 Å². The molecule has 0 atom stereocenters. The number of hydrogen-bond acceptors (Lipinski definition) is 5. The van der Waals surface area contributed by atoms with Gasteiger partial charge in [-0.05, 0) is 28.7 Å². The maximum Gasteiger partial charge on any atom is 0.269 e. The van der Waals surface area contributed by atoms with Crippen LogP contribution in [0, 0.1) is 10.1 Å². The smallest absolute Gasteiger partial charge is 0.269 e. The van der Waals surface area contributed by atoms with E-state index in [2.05, 4.69) is 59.8 Å². The van der Waals surface area contributed by atoms with Gasteiger partial charge in [-0.25, -0.2) is 0 Å². The molecule has 32 heavy (non-hydrogen) atoms. The first-order chi connectivity index (χ1) is 15.3. The van der Waals surface area contributed by atoms with E-state index < -0.39 is 0 Å². The lowest BCUT2D eigenvalue weighted by molar-refractivity contribution is -0.384. The molecule has 0 unspecified atom stereocenters. The van der Waals surface area contributed by atoms with Crippen LogP contribution in [-0.4, -0.2) is 19.7 Å². The Balaban J connectivity index is 1.66. The molecule has 4 rings (SSSR count). The van der Waals surface area contributed by atoms with Crippen molar-refractivity contribution in [3.63, 3.8) is 0 Å². The minimum absolute atomic E-state index is 0.0808. The van der Waals surface area contributed by atoms with E-state index in [0.717, 1.165) is 27.8 Å². The molecule has 4 aromatic rings. The van der Waals surface area contributed by atoms with Crippen LogP contribution in [0.1, 0.15) is 31.9 Å². The summed E-state index contributed by atoms with van der Waals surface area (Å²) in [6.07, 6.45) is 0. The third-order valence-corrected chi connectivity index (χ3v) is 6.17. The first kappa shape index (κ1) is 21.8. The summed E-state index contributed by atoms with van der Waals surface area (Å²) in [6.45, 7) is 6.59. The SMILES string of the molecule is CC(C)(C)c1ccc(-c2nnc(SCc3ccc([N+](=O)[O-])cc3)n2-c2ccccc2)cc1. The van der Waals surface area contributed by atoms with E-state index in [0.29, 0.717) is 5.75 Å². The van der Waals surface area contributed by atoms with Gasteiger partial charge in [0.2, 0.25) is 0 Å². The van der Waals surface area contributed by atoms with Crippen LogP contribution in [0.15, 0.2) is 84.0 Å². The fourth-order valence-electron chi connectivity index (χ4n) is 3.34. The Morgan fingerprint density at radius 1 is 0.906 bits per heavy atom. The highest BCUT2D eigenvalue weighted by atomic mass is 32.2. The molecule has 0 amide bonds. The van der Waals surface area contributed by atoms with Gasteiger partial charge in [0.25, 0.3) is 5.69 Å². The summed E-state index contributed by atoms with van der Waals surface area (Å²) in [7, 11) is 0. The highest BCUT2D eigenvalue weighted by molar-refractivity contribution is 7.98. The van der Waals surface area contributed by atoms with Gasteiger partial charge in [-0.1, -0.05) is 87.1 Å². The molecule has 0 saturated heterocycles. The van der Waals surface area contributed by atoms with Gasteiger partial charge in [0, 0.05) is 29.1 Å². The Bertz CT molecular complexity index is 1210. The Hall–Kier alpha value is -3.45. The molecular weight excluding hydrogens is 420 g/mol. The number of non-ortho nitro benzene ring substituents is 1. The van der Waals surface area contributed by atoms with E-state index >= 15 is 0 Å². The minimum Gasteiger partial charge on any atom is -0.270 e. The van der Waals surface area contributed by atoms with Crippen molar-refractivity contribution in [1.82, 2.24) is 14.8 Å². The molecule has 0 radical (unpaired) electrons. The lowest BCUT2D eigenvalue weighted by atomic mass is 9.87. The van der Waals surface area contributed by atoms with Gasteiger partial charge in [0.1, 0.15) is 0 Å². The molecular formula is C25H24N4O2S. The van der Waals surface area contributed by atoms with Gasteiger partial charge >= 0.3 is 0 Å². The van der Waals surface area contributed by atoms with Crippen molar-refractivity contribution in [3.05, 3.63) is 100 Å². The van der Waals surface area contributed by atoms with Crippen LogP contribution in [0.25, 0.3) is 17.1 Å². The molecule has 7 heteroatoms. The quantitative estimate of drug-likeness (QED) is 0.195. The highest BCUT2D eigenvalue weighted by Crippen LogP contribution is 2.31. The minimum atomic E-state index is -0.389. The third-order valence-electron chi connectivity index (χ3n) is 5.17. The molecule has 0 saturated carbocycles. The van der Waals surface area contributed by atoms with E-state index in [9.17, 15) is 10.1 Å². The molecule has 3 aromatic carbocycles. The van der Waals surface area contributed by atoms with Crippen LogP contribution >= 0.6 is 11.8 Å². The number of nitrogens with zero attached hydrogens (tertiary/aromatic N) is 4. The average Bonchev–Trinajstić information content (AvgIpc) is 3.22. The number of hydrogen-bond donors (Lipinski definition) is 0. The normalized spacial score (nSPS) is 11.5. The molecule has 0 fully saturated rings. The predicted molar refractivity (Wildman–Crippen MR) is 128 cm³/mol. The maximum atomic E-state index is 10.9. The third kappa shape index (κ3) is 4.73. The number of nitro benzene ring substituents is 1. The largest absolute Gasteiger partial charge is 0.270 e. The second-order valence-electron chi connectivity index (χ2n) is 8.52. The van der Waals surface area contributed by atoms with E-state index in [1.807, 2.05) is 30.3 Å². The second-order valence-corrected chi connectivity index (χ2v) is 9.46. The van der Waals surface area contributed by atoms with Gasteiger partial charge in [0.05, 0.1) is 4.92 Å². The molecule has 1 aromatic heterocycles. The predicted octanol–water partition coefficient (Wildman–Crippen LogP) is 6.43. The summed E-state index contributed by atoms with van der Waals surface area (Å²) >= 11 is 1.55. The van der Waals surface area contributed by atoms with Crippen LogP contribution in [0.5, 0.6) is 0 Å². The van der Waals surface area contributed by atoms with Gasteiger partial charge < -0.3 is 0 Å². The van der Waals surface area contributed by atoms with Crippen LogP contribution in [-0.2, 0) is 11.2 Å². The molecule has 1 heterocycles. The first-order valence-corrected chi connectivity index (χ1v) is 11.3. The van der Waals surface area contributed by atoms with Crippen molar-refractivity contribution in [2.75, 3.05) is 0 Å². The number of nitro groups is 1. The fraction of sp³-hybridized carbons (Fsp3) is 0.200. The molecule has 0 bridgehead atoms. The monoisotopic (exact) mass is 444 g/mol. The molecule has 0 aliphatic heterocycles. The summed E-state index contributed by atoms with van der Waals surface area (Å²) in [4.78, 5) is 10.5. The van der Waals surface area contributed by atoms with E-state index in [-0.39, 0.29) is 16.0 Å². The Morgan fingerprint density at radius 3 is 2.16 bits per heavy atom. The second kappa shape index (κ2) is 8.96. The molecule has 0 N–H and O–H groups in total. The zero-order valence-electron chi connectivity index (χ0n) is 18.2. The number of benzene rings is 3. The molecule has 6 nitrogen and oxygen atoms in total. The number of aromatic nitrogens is 3. The lowest BCUT2D eigenvalue weighted by Gasteiger charge is -2.19. The topological polar surface area (TPSA) is 73.8 Å². The average molecular weight is 445 g/mol. The van der Waals surface area contributed by atoms with E-state index in [4.69, 9.17) is 0 Å². The summed E-state index contributed by atoms with van der Waals surface area (Å²) in [5.74, 6) is 1.41. The number of rotatable bonds is 6. The standard InChI is InChI=1S/C25H24N4O2S/c1-25(2,3)20-13-11-19(12-14-20)23-26-27-24(28(23)21-7-5-4-6-8-21)32-17-18-9-15-22(16-10-18)29(30)31/h4-16H,17H2,1-3H3. The molecule has 162 valence electrons. The van der Waals surface area contributed by atoms with Crippen molar-refractivity contribution in [3.8, 4) is 17.1 Å². The Morgan fingerprint density at radius 2 is 1.56 bits per heavy atom. The van der Waals surface area contributed by atoms with Gasteiger partial charge in [-0.3, -0.25) is 14.7 Å². The molecule has 0 spiro atoms. The van der Waals surface area contributed by atoms with Crippen LogP contribution in [0.4, 0.5) is 5.69 Å². The van der Waals surface area contributed by atoms with Crippen molar-refractivity contribution in [2.45, 2.75) is 37.1 Å². The van der Waals surface area contributed by atoms with Crippen molar-refractivity contribution in [1.29, 1.82) is 0 Å². The van der Waals surface area contributed by atoms with Crippen molar-refractivity contribution in [2.24, 2.45) is 0 Å². The van der Waals surface area contributed by atoms with Crippen LogP contribution < -0.4 is 0 Å². The molecule has 0 aliphatic carbocycles. The van der Waals surface area contributed by atoms with E-state index in [1.54, 1.807) is 23.9 Å². The number of thioether (sulfide) groups is 1. The summed E-state index contributed by atoms with van der Waals surface area (Å²) in [6, 6.07) is 25.1. The summed E-state index contributed by atoms with van der Waals surface area (Å²) in [5, 5.41) is 20.6. The zero-order valence-corrected chi connectivity index (χ0v) is 19.0. The Kier molecular flexibility index (Phi) is 6.10. The van der Waals surface area contributed by atoms with E-state index in [1.165, 1.54) is 17.7 Å². The van der Waals surface area contributed by atoms with Gasteiger partial charge in [-0.15, -0.1) is 10.2 Å². The maximum absolute atomic E-state index is 10.9. The fourth-order valence-corrected chi connectivity index (χ4v) is 4.25. The number of para-hydroxylation sites is 1. The first-order valence-electron chi connectivity index (χ1n) is 10.3. The Labute approximate surface area is 191 Å². The van der Waals surface area contributed by atoms with Crippen LogP contribution in [0.3, 0.4) is 0 Å². The lowest BCUT2D eigenvalue weighted by Crippen LogP contribution is -2.10. The summed E-state index contributed by atoms with van der Waals surface area (Å²) < 4.78 is 2.06. The summed E-state index contributed by atoms with van der Waals surface area (Å²) in [5.41, 5.74) is 4.40. The highest BCUT2D eigenvalue weighted by Gasteiger charge is 2.18. The van der Waals surface area contributed by atoms with Crippen molar-refractivity contribution < 1.29 is 4.92 Å². The van der Waals surface area contributed by atoms with Gasteiger partial charge in [-0.2, -0.15) is 0 Å². The van der Waals surface area contributed by atoms with Gasteiger partial charge in [0.15, 0.2) is 11.0 Å². The molecule has 0 aliphatic rings. The zero-order chi connectivity index (χ0) is 22.7.